The fraction of sp³-hybridized carbons (Fsp3) is 0.333. The number of imide groups is 1. The van der Waals surface area contributed by atoms with Gasteiger partial charge in [-0.15, -0.1) is 0 Å². The SMILES string of the molecule is O=C1CCC(NCc2ccc(Br)c(Br)c2)C(=O)N1. The molecular weight excluding hydrogens is 364 g/mol. The van der Waals surface area contributed by atoms with Crippen LogP contribution in [-0.2, 0) is 16.1 Å². The maximum absolute atomic E-state index is 11.5. The molecule has 0 bridgehead atoms. The number of carbonyl (C=O) groups is 2. The Hall–Kier alpha value is -0.720. The van der Waals surface area contributed by atoms with Crippen LogP contribution in [0.25, 0.3) is 0 Å². The molecule has 1 fully saturated rings. The van der Waals surface area contributed by atoms with Crippen molar-refractivity contribution in [2.75, 3.05) is 0 Å². The Labute approximate surface area is 122 Å². The average Bonchev–Trinajstić information content (AvgIpc) is 2.32. The molecule has 1 atom stereocenters. The first-order valence-corrected chi connectivity index (χ1v) is 7.16. The second-order valence-corrected chi connectivity index (χ2v) is 5.84. The number of benzene rings is 1. The zero-order valence-corrected chi connectivity index (χ0v) is 12.7. The van der Waals surface area contributed by atoms with E-state index in [0.717, 1.165) is 14.5 Å². The summed E-state index contributed by atoms with van der Waals surface area (Å²) >= 11 is 6.84. The average molecular weight is 376 g/mol. The Morgan fingerprint density at radius 1 is 1.28 bits per heavy atom. The number of rotatable bonds is 3. The largest absolute Gasteiger partial charge is 0.302 e. The van der Waals surface area contributed by atoms with Crippen molar-refractivity contribution in [3.8, 4) is 0 Å². The zero-order chi connectivity index (χ0) is 13.1. The molecular formula is C12H12Br2N2O2. The van der Waals surface area contributed by atoms with Gasteiger partial charge in [-0.1, -0.05) is 6.07 Å². The fourth-order valence-electron chi connectivity index (χ4n) is 1.78. The highest BCUT2D eigenvalue weighted by Gasteiger charge is 2.25. The van der Waals surface area contributed by atoms with Crippen LogP contribution in [-0.4, -0.2) is 17.9 Å². The first-order valence-electron chi connectivity index (χ1n) is 5.57. The smallest absolute Gasteiger partial charge is 0.243 e. The van der Waals surface area contributed by atoms with Crippen LogP contribution in [0.15, 0.2) is 27.1 Å². The van der Waals surface area contributed by atoms with E-state index in [1.54, 1.807) is 0 Å². The summed E-state index contributed by atoms with van der Waals surface area (Å²) in [5, 5.41) is 5.48. The summed E-state index contributed by atoms with van der Waals surface area (Å²) in [5.74, 6) is -0.424. The summed E-state index contributed by atoms with van der Waals surface area (Å²) in [5.41, 5.74) is 1.08. The number of carbonyl (C=O) groups excluding carboxylic acids is 2. The van der Waals surface area contributed by atoms with Crippen LogP contribution >= 0.6 is 31.9 Å². The van der Waals surface area contributed by atoms with Gasteiger partial charge in [0.25, 0.3) is 0 Å². The van der Waals surface area contributed by atoms with Gasteiger partial charge in [-0.05, 0) is 56.0 Å². The van der Waals surface area contributed by atoms with Crippen molar-refractivity contribution in [3.63, 3.8) is 0 Å². The van der Waals surface area contributed by atoms with Gasteiger partial charge in [0.2, 0.25) is 11.8 Å². The number of nitrogens with one attached hydrogen (secondary N) is 2. The molecule has 1 aromatic carbocycles. The first-order chi connectivity index (χ1) is 8.56. The highest BCUT2D eigenvalue weighted by Crippen LogP contribution is 2.23. The summed E-state index contributed by atoms with van der Waals surface area (Å²) < 4.78 is 1.97. The highest BCUT2D eigenvalue weighted by atomic mass is 79.9. The van der Waals surface area contributed by atoms with E-state index in [2.05, 4.69) is 42.5 Å². The van der Waals surface area contributed by atoms with E-state index < -0.39 is 0 Å². The fourth-order valence-corrected chi connectivity index (χ4v) is 2.45. The van der Waals surface area contributed by atoms with Crippen LogP contribution in [0.5, 0.6) is 0 Å². The van der Waals surface area contributed by atoms with Crippen molar-refractivity contribution in [1.82, 2.24) is 10.6 Å². The second-order valence-electron chi connectivity index (χ2n) is 4.13. The summed E-state index contributed by atoms with van der Waals surface area (Å²) in [7, 11) is 0. The Morgan fingerprint density at radius 3 is 2.72 bits per heavy atom. The second kappa shape index (κ2) is 5.95. The summed E-state index contributed by atoms with van der Waals surface area (Å²) in [6.45, 7) is 0.595. The quantitative estimate of drug-likeness (QED) is 0.795. The van der Waals surface area contributed by atoms with Crippen LogP contribution < -0.4 is 10.6 Å². The molecule has 0 radical (unpaired) electrons. The summed E-state index contributed by atoms with van der Waals surface area (Å²) in [4.78, 5) is 22.5. The van der Waals surface area contributed by atoms with Gasteiger partial charge in [0.1, 0.15) is 0 Å². The summed E-state index contributed by atoms with van der Waals surface area (Å²) in [6, 6.07) is 5.63. The van der Waals surface area contributed by atoms with Crippen LogP contribution in [0.4, 0.5) is 0 Å². The molecule has 2 amide bonds. The minimum atomic E-state index is -0.287. The topological polar surface area (TPSA) is 58.2 Å². The third-order valence-corrected chi connectivity index (χ3v) is 4.66. The molecule has 0 saturated carbocycles. The van der Waals surface area contributed by atoms with E-state index in [4.69, 9.17) is 0 Å². The van der Waals surface area contributed by atoms with Crippen LogP contribution in [0, 0.1) is 0 Å². The van der Waals surface area contributed by atoms with Gasteiger partial charge < -0.3 is 5.32 Å². The molecule has 1 aliphatic heterocycles. The van der Waals surface area contributed by atoms with Gasteiger partial charge in [-0.3, -0.25) is 14.9 Å². The van der Waals surface area contributed by atoms with Crippen LogP contribution in [0.3, 0.4) is 0 Å². The van der Waals surface area contributed by atoms with E-state index in [0.29, 0.717) is 19.4 Å². The Morgan fingerprint density at radius 2 is 2.06 bits per heavy atom. The molecule has 4 nitrogen and oxygen atoms in total. The van der Waals surface area contributed by atoms with Gasteiger partial charge in [-0.25, -0.2) is 0 Å². The van der Waals surface area contributed by atoms with Gasteiger partial charge in [0, 0.05) is 21.9 Å². The number of hydrogen-bond donors (Lipinski definition) is 2. The molecule has 1 aliphatic rings. The van der Waals surface area contributed by atoms with Gasteiger partial charge in [-0.2, -0.15) is 0 Å². The minimum absolute atomic E-state index is 0.190. The minimum Gasteiger partial charge on any atom is -0.302 e. The Bertz CT molecular complexity index is 491. The van der Waals surface area contributed by atoms with Gasteiger partial charge in [0.05, 0.1) is 6.04 Å². The van der Waals surface area contributed by atoms with Crippen molar-refractivity contribution in [2.45, 2.75) is 25.4 Å². The number of piperidine rings is 1. The van der Waals surface area contributed by atoms with Crippen molar-refractivity contribution in [3.05, 3.63) is 32.7 Å². The molecule has 96 valence electrons. The lowest BCUT2D eigenvalue weighted by Crippen LogP contribution is -2.50. The molecule has 6 heteroatoms. The normalized spacial score (nSPS) is 19.8. The first kappa shape index (κ1) is 13.7. The summed E-state index contributed by atoms with van der Waals surface area (Å²) in [6.07, 6.45) is 0.954. The third kappa shape index (κ3) is 3.40. The molecule has 2 N–H and O–H groups in total. The van der Waals surface area contributed by atoms with Gasteiger partial charge >= 0.3 is 0 Å². The number of hydrogen-bond acceptors (Lipinski definition) is 3. The van der Waals surface area contributed by atoms with Crippen molar-refractivity contribution in [2.24, 2.45) is 0 Å². The monoisotopic (exact) mass is 374 g/mol. The Kier molecular flexibility index (Phi) is 4.53. The van der Waals surface area contributed by atoms with E-state index in [9.17, 15) is 9.59 Å². The van der Waals surface area contributed by atoms with Crippen molar-refractivity contribution >= 4 is 43.7 Å². The molecule has 1 aromatic rings. The molecule has 1 unspecified atom stereocenters. The molecule has 0 aromatic heterocycles. The standard InChI is InChI=1S/C12H12Br2N2O2/c13-8-2-1-7(5-9(8)14)6-15-10-3-4-11(17)16-12(10)18/h1-2,5,10,15H,3-4,6H2,(H,16,17,18). The van der Waals surface area contributed by atoms with E-state index in [1.807, 2.05) is 18.2 Å². The van der Waals surface area contributed by atoms with E-state index >= 15 is 0 Å². The van der Waals surface area contributed by atoms with E-state index in [-0.39, 0.29) is 17.9 Å². The number of amides is 2. The molecule has 0 aliphatic carbocycles. The van der Waals surface area contributed by atoms with Crippen molar-refractivity contribution in [1.29, 1.82) is 0 Å². The third-order valence-electron chi connectivity index (χ3n) is 2.78. The predicted octanol–water partition coefficient (Wildman–Crippen LogP) is 2.11. The van der Waals surface area contributed by atoms with E-state index in [1.165, 1.54) is 0 Å². The molecule has 1 heterocycles. The van der Waals surface area contributed by atoms with Gasteiger partial charge in [0.15, 0.2) is 0 Å². The Balaban J connectivity index is 1.93. The highest BCUT2D eigenvalue weighted by molar-refractivity contribution is 9.13. The maximum Gasteiger partial charge on any atom is 0.243 e. The molecule has 18 heavy (non-hydrogen) atoms. The maximum atomic E-state index is 11.5. The van der Waals surface area contributed by atoms with Crippen molar-refractivity contribution < 1.29 is 9.59 Å². The number of halogens is 2. The lowest BCUT2D eigenvalue weighted by atomic mass is 10.1. The molecule has 1 saturated heterocycles. The van der Waals surface area contributed by atoms with Crippen LogP contribution in [0.2, 0.25) is 0 Å². The molecule has 0 spiro atoms. The predicted molar refractivity (Wildman–Crippen MR) is 74.9 cm³/mol. The van der Waals surface area contributed by atoms with Crippen LogP contribution in [0.1, 0.15) is 18.4 Å². The lowest BCUT2D eigenvalue weighted by Gasteiger charge is -2.21. The lowest BCUT2D eigenvalue weighted by molar-refractivity contribution is -0.134. The molecule has 2 rings (SSSR count). The zero-order valence-electron chi connectivity index (χ0n) is 9.50.